The van der Waals surface area contributed by atoms with E-state index in [-0.39, 0.29) is 11.8 Å². The zero-order valence-corrected chi connectivity index (χ0v) is 23.7. The molecule has 7 rings (SSSR count). The molecule has 3 heterocycles. The second-order valence-electron chi connectivity index (χ2n) is 10.0. The average Bonchev–Trinajstić information content (AvgIpc) is 3.35. The number of benzene rings is 4. The van der Waals surface area contributed by atoms with E-state index in [9.17, 15) is 5.11 Å². The van der Waals surface area contributed by atoms with E-state index in [1.807, 2.05) is 110 Å². The first-order chi connectivity index (χ1) is 20.5. The van der Waals surface area contributed by atoms with Gasteiger partial charge in [0.25, 0.3) is 0 Å². The van der Waals surface area contributed by atoms with E-state index in [0.717, 1.165) is 39.6 Å². The van der Waals surface area contributed by atoms with Crippen molar-refractivity contribution in [3.8, 4) is 17.2 Å². The molecule has 0 radical (unpaired) electrons. The minimum absolute atomic E-state index is 0.0907. The van der Waals surface area contributed by atoms with Crippen LogP contribution in [0.3, 0.4) is 0 Å². The van der Waals surface area contributed by atoms with Crippen LogP contribution in [-0.4, -0.2) is 33.2 Å². The first-order valence-corrected chi connectivity index (χ1v) is 14.1. The standard InChI is InChI=1S/C33H27ClN6O2/c1-3-42-28-19-21(13-18-27(28)41)30-29-20(2)38-40(24-9-5-4-6-10-24)32(29)37-33-31(35-23-16-14-22(34)15-17-23)36-25-11-7-8-12-26(25)39(30)33/h4-19,30,41H,3H2,1-2H3,(H,35,36)/t30-/m1/s1. The number of nitrogens with zero attached hydrogens (tertiary/aromatic N) is 5. The Morgan fingerprint density at radius 2 is 1.69 bits per heavy atom. The van der Waals surface area contributed by atoms with E-state index in [0.29, 0.717) is 34.9 Å². The summed E-state index contributed by atoms with van der Waals surface area (Å²) in [5, 5.41) is 19.7. The Kier molecular flexibility index (Phi) is 6.40. The summed E-state index contributed by atoms with van der Waals surface area (Å²) >= 11 is 6.17. The highest BCUT2D eigenvalue weighted by molar-refractivity contribution is 6.51. The van der Waals surface area contributed by atoms with Crippen molar-refractivity contribution in [1.82, 2.24) is 9.78 Å². The summed E-state index contributed by atoms with van der Waals surface area (Å²) in [6.07, 6.45) is 0. The lowest BCUT2D eigenvalue weighted by molar-refractivity contribution is 0.317. The summed E-state index contributed by atoms with van der Waals surface area (Å²) in [5.41, 5.74) is 6.17. The number of aliphatic imine (C=N–C) groups is 2. The molecule has 0 unspecified atom stereocenters. The number of rotatable bonds is 5. The molecule has 0 bridgehead atoms. The zero-order valence-electron chi connectivity index (χ0n) is 23.0. The number of nitrogens with one attached hydrogen (secondary N) is 1. The Balaban J connectivity index is 1.49. The number of aryl methyl sites for hydroxylation is 1. The molecule has 1 aromatic heterocycles. The number of phenols is 1. The van der Waals surface area contributed by atoms with Crippen LogP contribution in [0.2, 0.25) is 5.02 Å². The topological polar surface area (TPSA) is 87.3 Å². The number of para-hydroxylation sites is 3. The van der Waals surface area contributed by atoms with Crippen LogP contribution in [0.1, 0.15) is 29.8 Å². The first-order valence-electron chi connectivity index (χ1n) is 13.7. The van der Waals surface area contributed by atoms with Gasteiger partial charge in [0.05, 0.1) is 35.4 Å². The lowest BCUT2D eigenvalue weighted by atomic mass is 9.93. The molecular formula is C33H27ClN6O2. The third-order valence-corrected chi connectivity index (χ3v) is 7.60. The zero-order chi connectivity index (χ0) is 28.8. The van der Waals surface area contributed by atoms with Crippen molar-refractivity contribution in [3.05, 3.63) is 119 Å². The quantitative estimate of drug-likeness (QED) is 0.224. The highest BCUT2D eigenvalue weighted by atomic mass is 35.5. The van der Waals surface area contributed by atoms with E-state index in [2.05, 4.69) is 10.2 Å². The third kappa shape index (κ3) is 4.37. The fourth-order valence-electron chi connectivity index (χ4n) is 5.50. The lowest BCUT2D eigenvalue weighted by Crippen LogP contribution is -2.46. The molecule has 42 heavy (non-hydrogen) atoms. The van der Waals surface area contributed by atoms with Crippen LogP contribution in [0.4, 0.5) is 22.9 Å². The highest BCUT2D eigenvalue weighted by Gasteiger charge is 2.41. The largest absolute Gasteiger partial charge is 0.504 e. The van der Waals surface area contributed by atoms with Gasteiger partial charge < -0.3 is 20.1 Å². The van der Waals surface area contributed by atoms with Crippen LogP contribution in [0.15, 0.2) is 107 Å². The predicted octanol–water partition coefficient (Wildman–Crippen LogP) is 7.73. The fourth-order valence-corrected chi connectivity index (χ4v) is 5.63. The molecule has 4 aromatic carbocycles. The molecule has 0 spiro atoms. The molecule has 9 heteroatoms. The van der Waals surface area contributed by atoms with Crippen molar-refractivity contribution in [2.45, 2.75) is 19.9 Å². The molecule has 2 aliphatic heterocycles. The monoisotopic (exact) mass is 574 g/mol. The molecule has 2 N–H and O–H groups in total. The van der Waals surface area contributed by atoms with Crippen molar-refractivity contribution >= 4 is 46.2 Å². The molecule has 2 aliphatic rings. The van der Waals surface area contributed by atoms with Crippen LogP contribution in [0.25, 0.3) is 5.69 Å². The smallest absolute Gasteiger partial charge is 0.179 e. The van der Waals surface area contributed by atoms with E-state index < -0.39 is 0 Å². The number of hydrogen-bond donors (Lipinski definition) is 2. The van der Waals surface area contributed by atoms with Crippen molar-refractivity contribution in [3.63, 3.8) is 0 Å². The van der Waals surface area contributed by atoms with Crippen molar-refractivity contribution in [2.24, 2.45) is 9.98 Å². The van der Waals surface area contributed by atoms with Gasteiger partial charge in [0.2, 0.25) is 0 Å². The molecule has 0 saturated carbocycles. The number of amidine groups is 2. The highest BCUT2D eigenvalue weighted by Crippen LogP contribution is 2.49. The number of aromatic hydroxyl groups is 1. The number of fused-ring (bicyclic) bond motifs is 4. The first kappa shape index (κ1) is 25.9. The van der Waals surface area contributed by atoms with Gasteiger partial charge in [-0.25, -0.2) is 14.7 Å². The summed E-state index contributed by atoms with van der Waals surface area (Å²) < 4.78 is 7.69. The minimum Gasteiger partial charge on any atom is -0.504 e. The Labute approximate surface area is 248 Å². The van der Waals surface area contributed by atoms with Gasteiger partial charge in [-0.3, -0.25) is 0 Å². The Morgan fingerprint density at radius 1 is 0.929 bits per heavy atom. The van der Waals surface area contributed by atoms with Gasteiger partial charge in [-0.05, 0) is 80.1 Å². The van der Waals surface area contributed by atoms with Gasteiger partial charge in [0.15, 0.2) is 29.0 Å². The lowest BCUT2D eigenvalue weighted by Gasteiger charge is -2.40. The summed E-state index contributed by atoms with van der Waals surface area (Å²) in [6, 6.07) is 30.6. The Bertz CT molecular complexity index is 1860. The van der Waals surface area contributed by atoms with E-state index in [4.69, 9.17) is 31.4 Å². The molecular weight excluding hydrogens is 548 g/mol. The molecule has 0 saturated heterocycles. The summed E-state index contributed by atoms with van der Waals surface area (Å²) in [6.45, 7) is 4.33. The SMILES string of the molecule is CCOc1cc([C@@H]2c3c(C)nn(-c4ccccc4)c3N=C3C(Nc4ccc(Cl)cc4)=Nc4ccccc4N32)ccc1O. The summed E-state index contributed by atoms with van der Waals surface area (Å²) in [4.78, 5) is 12.5. The maximum absolute atomic E-state index is 10.6. The second-order valence-corrected chi connectivity index (χ2v) is 10.5. The Morgan fingerprint density at radius 3 is 2.48 bits per heavy atom. The maximum atomic E-state index is 10.6. The van der Waals surface area contributed by atoms with Crippen LogP contribution in [0, 0.1) is 6.92 Å². The van der Waals surface area contributed by atoms with Crippen LogP contribution in [-0.2, 0) is 0 Å². The maximum Gasteiger partial charge on any atom is 0.179 e. The Hall–Kier alpha value is -5.08. The number of phenolic OH excluding ortho intramolecular Hbond substituents is 1. The number of anilines is 2. The summed E-state index contributed by atoms with van der Waals surface area (Å²) in [5.74, 6) is 2.46. The van der Waals surface area contributed by atoms with Gasteiger partial charge in [-0.2, -0.15) is 5.10 Å². The molecule has 5 aromatic rings. The van der Waals surface area contributed by atoms with E-state index >= 15 is 0 Å². The molecule has 0 aliphatic carbocycles. The number of ether oxygens (including phenoxy) is 1. The minimum atomic E-state index is -0.344. The van der Waals surface area contributed by atoms with Gasteiger partial charge in [0.1, 0.15) is 0 Å². The number of halogens is 1. The van der Waals surface area contributed by atoms with E-state index in [1.54, 1.807) is 6.07 Å². The predicted molar refractivity (Wildman–Crippen MR) is 168 cm³/mol. The van der Waals surface area contributed by atoms with Crippen molar-refractivity contribution < 1.29 is 9.84 Å². The fraction of sp³-hybridized carbons (Fsp3) is 0.121. The molecule has 1 atom stereocenters. The van der Waals surface area contributed by atoms with Crippen LogP contribution in [0.5, 0.6) is 11.5 Å². The number of aromatic nitrogens is 2. The van der Waals surface area contributed by atoms with Gasteiger partial charge in [-0.15, -0.1) is 0 Å². The van der Waals surface area contributed by atoms with Gasteiger partial charge >= 0.3 is 0 Å². The molecule has 208 valence electrons. The number of hydrogen-bond acceptors (Lipinski definition) is 7. The summed E-state index contributed by atoms with van der Waals surface area (Å²) in [7, 11) is 0. The second kappa shape index (κ2) is 10.4. The van der Waals surface area contributed by atoms with Gasteiger partial charge in [0, 0.05) is 16.3 Å². The van der Waals surface area contributed by atoms with E-state index in [1.165, 1.54) is 0 Å². The molecule has 0 amide bonds. The van der Waals surface area contributed by atoms with Crippen molar-refractivity contribution in [2.75, 3.05) is 16.8 Å². The average molecular weight is 575 g/mol. The normalized spacial score (nSPS) is 15.2. The third-order valence-electron chi connectivity index (χ3n) is 7.35. The van der Waals surface area contributed by atoms with Crippen LogP contribution < -0.4 is 15.0 Å². The van der Waals surface area contributed by atoms with Gasteiger partial charge in [-0.1, -0.05) is 48.0 Å². The molecule has 0 fully saturated rings. The van der Waals surface area contributed by atoms with Crippen LogP contribution >= 0.6 is 11.6 Å². The molecule has 8 nitrogen and oxygen atoms in total. The van der Waals surface area contributed by atoms with Crippen molar-refractivity contribution in [1.29, 1.82) is 0 Å².